The number of thiophene rings is 1. The third kappa shape index (κ3) is 2.59. The van der Waals surface area contributed by atoms with Crippen molar-refractivity contribution in [3.05, 3.63) is 40.5 Å². The van der Waals surface area contributed by atoms with Gasteiger partial charge in [-0.3, -0.25) is 4.79 Å². The molecule has 0 aromatic carbocycles. The minimum absolute atomic E-state index is 0.162. The fourth-order valence-corrected chi connectivity index (χ4v) is 2.08. The molecule has 2 aromatic rings. The number of anilines is 1. The molecule has 0 unspecified atom stereocenters. The minimum atomic E-state index is -0.221. The maximum Gasteiger partial charge on any atom is 0.276 e. The van der Waals surface area contributed by atoms with E-state index in [9.17, 15) is 4.79 Å². The lowest BCUT2D eigenvalue weighted by molar-refractivity contribution is 0.0780. The lowest BCUT2D eigenvalue weighted by atomic mass is 10.3. The van der Waals surface area contributed by atoms with Gasteiger partial charge in [0.1, 0.15) is 0 Å². The van der Waals surface area contributed by atoms with Crippen LogP contribution in [0.4, 0.5) is 5.82 Å². The smallest absolute Gasteiger partial charge is 0.276 e. The molecule has 6 heteroatoms. The Kier molecular flexibility index (Phi) is 3.34. The number of hydrogen-bond acceptors (Lipinski definition) is 5. The number of rotatable bonds is 3. The first-order valence-electron chi connectivity index (χ1n) is 5.01. The Morgan fingerprint density at radius 3 is 2.88 bits per heavy atom. The molecule has 17 heavy (non-hydrogen) atoms. The number of carbonyl (C=O) groups is 1. The molecule has 0 saturated heterocycles. The van der Waals surface area contributed by atoms with E-state index in [-0.39, 0.29) is 17.4 Å². The van der Waals surface area contributed by atoms with Crippen LogP contribution in [0, 0.1) is 0 Å². The largest absolute Gasteiger partial charge is 0.382 e. The molecule has 0 saturated carbocycles. The van der Waals surface area contributed by atoms with Crippen LogP contribution < -0.4 is 5.73 Å². The highest BCUT2D eigenvalue weighted by Crippen LogP contribution is 2.12. The van der Waals surface area contributed by atoms with E-state index in [0.717, 1.165) is 5.56 Å². The van der Waals surface area contributed by atoms with E-state index in [0.29, 0.717) is 6.54 Å². The monoisotopic (exact) mass is 248 g/mol. The summed E-state index contributed by atoms with van der Waals surface area (Å²) in [5.41, 5.74) is 6.90. The summed E-state index contributed by atoms with van der Waals surface area (Å²) in [7, 11) is 1.72. The van der Waals surface area contributed by atoms with Crippen LogP contribution in [0.3, 0.4) is 0 Å². The lowest BCUT2D eigenvalue weighted by Gasteiger charge is -2.16. The molecule has 0 radical (unpaired) electrons. The summed E-state index contributed by atoms with van der Waals surface area (Å²) in [5, 5.41) is 3.98. The Bertz CT molecular complexity index is 512. The highest BCUT2D eigenvalue weighted by molar-refractivity contribution is 7.07. The maximum atomic E-state index is 12.0. The molecule has 0 atom stereocenters. The summed E-state index contributed by atoms with van der Waals surface area (Å²) in [4.78, 5) is 21.4. The van der Waals surface area contributed by atoms with Crippen molar-refractivity contribution in [2.45, 2.75) is 6.54 Å². The normalized spacial score (nSPS) is 10.2. The molecule has 0 aliphatic rings. The minimum Gasteiger partial charge on any atom is -0.382 e. The van der Waals surface area contributed by atoms with E-state index >= 15 is 0 Å². The first-order valence-corrected chi connectivity index (χ1v) is 5.96. The van der Waals surface area contributed by atoms with Crippen LogP contribution in [-0.4, -0.2) is 27.8 Å². The molecule has 1 amide bonds. The number of hydrogen-bond donors (Lipinski definition) is 1. The molecule has 2 rings (SSSR count). The molecule has 0 aliphatic heterocycles. The van der Waals surface area contributed by atoms with Gasteiger partial charge in [-0.2, -0.15) is 11.3 Å². The number of amides is 1. The van der Waals surface area contributed by atoms with E-state index < -0.39 is 0 Å². The molecule has 2 aromatic heterocycles. The van der Waals surface area contributed by atoms with Crippen molar-refractivity contribution in [3.63, 3.8) is 0 Å². The van der Waals surface area contributed by atoms with Crippen LogP contribution in [0.15, 0.2) is 29.2 Å². The van der Waals surface area contributed by atoms with Gasteiger partial charge in [-0.25, -0.2) is 9.97 Å². The second kappa shape index (κ2) is 4.92. The Labute approximate surface area is 103 Å². The maximum absolute atomic E-state index is 12.0. The summed E-state index contributed by atoms with van der Waals surface area (Å²) in [6.07, 6.45) is 2.92. The van der Waals surface area contributed by atoms with Gasteiger partial charge in [-0.15, -0.1) is 0 Å². The number of nitrogens with zero attached hydrogens (tertiary/aromatic N) is 3. The van der Waals surface area contributed by atoms with Gasteiger partial charge in [-0.05, 0) is 22.4 Å². The molecule has 5 nitrogen and oxygen atoms in total. The van der Waals surface area contributed by atoms with Crippen molar-refractivity contribution in [2.75, 3.05) is 12.8 Å². The second-order valence-electron chi connectivity index (χ2n) is 3.58. The zero-order chi connectivity index (χ0) is 12.3. The van der Waals surface area contributed by atoms with Crippen LogP contribution >= 0.6 is 11.3 Å². The first-order chi connectivity index (χ1) is 8.18. The van der Waals surface area contributed by atoms with Crippen LogP contribution in [-0.2, 0) is 6.54 Å². The van der Waals surface area contributed by atoms with E-state index in [2.05, 4.69) is 9.97 Å². The van der Waals surface area contributed by atoms with Crippen molar-refractivity contribution in [1.29, 1.82) is 0 Å². The summed E-state index contributed by atoms with van der Waals surface area (Å²) >= 11 is 1.60. The van der Waals surface area contributed by atoms with Gasteiger partial charge in [0.05, 0.1) is 0 Å². The molecule has 2 N–H and O–H groups in total. The van der Waals surface area contributed by atoms with Crippen LogP contribution in [0.2, 0.25) is 0 Å². The SMILES string of the molecule is CN(Cc1ccsc1)C(=O)c1nccnc1N. The van der Waals surface area contributed by atoms with Crippen molar-refractivity contribution in [2.24, 2.45) is 0 Å². The second-order valence-corrected chi connectivity index (χ2v) is 4.36. The van der Waals surface area contributed by atoms with E-state index in [4.69, 9.17) is 5.73 Å². The number of nitrogen functional groups attached to an aromatic ring is 1. The van der Waals surface area contributed by atoms with E-state index in [1.807, 2.05) is 16.8 Å². The zero-order valence-electron chi connectivity index (χ0n) is 9.33. The third-order valence-corrected chi connectivity index (χ3v) is 3.01. The van der Waals surface area contributed by atoms with E-state index in [1.165, 1.54) is 12.4 Å². The quantitative estimate of drug-likeness (QED) is 0.891. The predicted octanol–water partition coefficient (Wildman–Crippen LogP) is 1.39. The first kappa shape index (κ1) is 11.5. The van der Waals surface area contributed by atoms with Gasteiger partial charge in [0.2, 0.25) is 0 Å². The molecular weight excluding hydrogens is 236 g/mol. The van der Waals surface area contributed by atoms with Crippen molar-refractivity contribution >= 4 is 23.1 Å². The van der Waals surface area contributed by atoms with Crippen LogP contribution in [0.25, 0.3) is 0 Å². The van der Waals surface area contributed by atoms with Crippen molar-refractivity contribution in [3.8, 4) is 0 Å². The number of carbonyl (C=O) groups excluding carboxylic acids is 1. The highest BCUT2D eigenvalue weighted by atomic mass is 32.1. The van der Waals surface area contributed by atoms with Gasteiger partial charge in [0, 0.05) is 26.0 Å². The van der Waals surface area contributed by atoms with Crippen LogP contribution in [0.1, 0.15) is 16.1 Å². The van der Waals surface area contributed by atoms with Crippen LogP contribution in [0.5, 0.6) is 0 Å². The summed E-state index contributed by atoms with van der Waals surface area (Å²) in [5.74, 6) is -0.0588. The topological polar surface area (TPSA) is 72.1 Å². The summed E-state index contributed by atoms with van der Waals surface area (Å²) in [6, 6.07) is 1.98. The molecule has 2 heterocycles. The Morgan fingerprint density at radius 1 is 1.47 bits per heavy atom. The Hall–Kier alpha value is -1.95. The van der Waals surface area contributed by atoms with E-state index in [1.54, 1.807) is 23.3 Å². The lowest BCUT2D eigenvalue weighted by Crippen LogP contribution is -2.27. The third-order valence-electron chi connectivity index (χ3n) is 2.28. The van der Waals surface area contributed by atoms with Gasteiger partial charge >= 0.3 is 0 Å². The standard InChI is InChI=1S/C11H12N4OS/c1-15(6-8-2-5-17-7-8)11(16)9-10(12)14-4-3-13-9/h2-5,7H,6H2,1H3,(H2,12,14). The summed E-state index contributed by atoms with van der Waals surface area (Å²) in [6.45, 7) is 0.540. The molecule has 0 aliphatic carbocycles. The fraction of sp³-hybridized carbons (Fsp3) is 0.182. The van der Waals surface area contributed by atoms with Crippen molar-refractivity contribution < 1.29 is 4.79 Å². The van der Waals surface area contributed by atoms with Gasteiger partial charge in [0.25, 0.3) is 5.91 Å². The molecule has 0 spiro atoms. The highest BCUT2D eigenvalue weighted by Gasteiger charge is 2.16. The Morgan fingerprint density at radius 2 is 2.24 bits per heavy atom. The van der Waals surface area contributed by atoms with Gasteiger partial charge in [-0.1, -0.05) is 0 Å². The van der Waals surface area contributed by atoms with Gasteiger partial charge < -0.3 is 10.6 Å². The van der Waals surface area contributed by atoms with Crippen molar-refractivity contribution in [1.82, 2.24) is 14.9 Å². The molecule has 0 bridgehead atoms. The summed E-state index contributed by atoms with van der Waals surface area (Å²) < 4.78 is 0. The average Bonchev–Trinajstić information content (AvgIpc) is 2.81. The predicted molar refractivity (Wildman–Crippen MR) is 66.6 cm³/mol. The number of nitrogens with two attached hydrogens (primary N) is 1. The molecular formula is C11H12N4OS. The Balaban J connectivity index is 2.13. The molecule has 0 fully saturated rings. The number of aromatic nitrogens is 2. The average molecular weight is 248 g/mol. The molecule has 88 valence electrons. The fourth-order valence-electron chi connectivity index (χ4n) is 1.42. The zero-order valence-corrected chi connectivity index (χ0v) is 10.1. The van der Waals surface area contributed by atoms with Gasteiger partial charge in [0.15, 0.2) is 11.5 Å².